The van der Waals surface area contributed by atoms with Crippen LogP contribution in [0.1, 0.15) is 39.5 Å². The van der Waals surface area contributed by atoms with Crippen molar-refractivity contribution in [2.45, 2.75) is 51.2 Å². The van der Waals surface area contributed by atoms with Crippen LogP contribution in [0.5, 0.6) is 5.75 Å². The molecule has 0 aliphatic heterocycles. The predicted molar refractivity (Wildman–Crippen MR) is 89.1 cm³/mol. The molecule has 0 aromatic heterocycles. The standard InChI is InChI=1S/C17H25ClN2O2/c1-12(22-14-7-5-6-13(18)10-14)11-20-16(21)15-8-3-4-9-17(15,2)19/h5-7,10,12,15H,3-4,8-9,11,19H2,1-2H3,(H,20,21). The monoisotopic (exact) mass is 324 g/mol. The van der Waals surface area contributed by atoms with E-state index in [0.29, 0.717) is 17.3 Å². The van der Waals surface area contributed by atoms with E-state index in [4.69, 9.17) is 22.1 Å². The van der Waals surface area contributed by atoms with E-state index in [1.54, 1.807) is 12.1 Å². The van der Waals surface area contributed by atoms with Gasteiger partial charge >= 0.3 is 0 Å². The summed E-state index contributed by atoms with van der Waals surface area (Å²) in [5, 5.41) is 3.60. The molecule has 1 aromatic rings. The molecule has 0 saturated heterocycles. The van der Waals surface area contributed by atoms with Crippen LogP contribution in [0, 0.1) is 5.92 Å². The minimum Gasteiger partial charge on any atom is -0.489 e. The molecule has 2 rings (SSSR count). The fourth-order valence-electron chi connectivity index (χ4n) is 2.97. The number of hydrogen-bond donors (Lipinski definition) is 2. The summed E-state index contributed by atoms with van der Waals surface area (Å²) in [6.45, 7) is 4.35. The molecule has 0 bridgehead atoms. The molecule has 0 spiro atoms. The molecule has 22 heavy (non-hydrogen) atoms. The summed E-state index contributed by atoms with van der Waals surface area (Å²) < 4.78 is 5.75. The SMILES string of the molecule is CC(CNC(=O)C1CCCCC1(C)N)Oc1cccc(Cl)c1. The molecule has 1 aliphatic rings. The Kier molecular flexibility index (Phi) is 5.70. The number of halogens is 1. The van der Waals surface area contributed by atoms with E-state index in [9.17, 15) is 4.79 Å². The first-order valence-corrected chi connectivity index (χ1v) is 8.25. The van der Waals surface area contributed by atoms with Crippen LogP contribution in [0.3, 0.4) is 0 Å². The largest absolute Gasteiger partial charge is 0.489 e. The van der Waals surface area contributed by atoms with Crippen LogP contribution >= 0.6 is 11.6 Å². The van der Waals surface area contributed by atoms with Crippen molar-refractivity contribution in [2.75, 3.05) is 6.54 Å². The average molecular weight is 325 g/mol. The van der Waals surface area contributed by atoms with Crippen molar-refractivity contribution in [3.05, 3.63) is 29.3 Å². The van der Waals surface area contributed by atoms with Gasteiger partial charge < -0.3 is 15.8 Å². The molecule has 0 radical (unpaired) electrons. The van der Waals surface area contributed by atoms with Crippen molar-refractivity contribution in [3.8, 4) is 5.75 Å². The Hall–Kier alpha value is -1.26. The Morgan fingerprint density at radius 2 is 2.32 bits per heavy atom. The van der Waals surface area contributed by atoms with Crippen LogP contribution < -0.4 is 15.8 Å². The highest BCUT2D eigenvalue weighted by atomic mass is 35.5. The number of hydrogen-bond acceptors (Lipinski definition) is 3. The number of rotatable bonds is 5. The Morgan fingerprint density at radius 3 is 3.00 bits per heavy atom. The normalized spacial score (nSPS) is 26.3. The fourth-order valence-corrected chi connectivity index (χ4v) is 3.15. The van der Waals surface area contributed by atoms with Crippen molar-refractivity contribution in [3.63, 3.8) is 0 Å². The van der Waals surface area contributed by atoms with Gasteiger partial charge in [-0.3, -0.25) is 4.79 Å². The van der Waals surface area contributed by atoms with Crippen molar-refractivity contribution in [1.29, 1.82) is 0 Å². The minimum absolute atomic E-state index is 0.0336. The van der Waals surface area contributed by atoms with Gasteiger partial charge in [-0.1, -0.05) is 30.5 Å². The average Bonchev–Trinajstić information content (AvgIpc) is 2.44. The fraction of sp³-hybridized carbons (Fsp3) is 0.588. The van der Waals surface area contributed by atoms with Gasteiger partial charge in [0, 0.05) is 10.6 Å². The smallest absolute Gasteiger partial charge is 0.225 e. The van der Waals surface area contributed by atoms with Gasteiger partial charge in [-0.25, -0.2) is 0 Å². The summed E-state index contributed by atoms with van der Waals surface area (Å²) in [6.07, 6.45) is 3.81. The number of amides is 1. The summed E-state index contributed by atoms with van der Waals surface area (Å²) in [7, 11) is 0. The Morgan fingerprint density at radius 1 is 1.55 bits per heavy atom. The number of nitrogens with two attached hydrogens (primary N) is 1. The molecular formula is C17H25ClN2O2. The molecule has 3 atom stereocenters. The summed E-state index contributed by atoms with van der Waals surface area (Å²) in [5.41, 5.74) is 5.86. The topological polar surface area (TPSA) is 64.4 Å². The van der Waals surface area contributed by atoms with E-state index < -0.39 is 5.54 Å². The van der Waals surface area contributed by atoms with Crippen molar-refractivity contribution >= 4 is 17.5 Å². The third kappa shape index (κ3) is 4.62. The highest BCUT2D eigenvalue weighted by Crippen LogP contribution is 2.31. The number of carbonyl (C=O) groups excluding carboxylic acids is 1. The first-order valence-electron chi connectivity index (χ1n) is 7.87. The maximum Gasteiger partial charge on any atom is 0.225 e. The van der Waals surface area contributed by atoms with Gasteiger partial charge in [-0.05, 0) is 44.9 Å². The molecule has 3 unspecified atom stereocenters. The first kappa shape index (κ1) is 17.1. The van der Waals surface area contributed by atoms with Gasteiger partial charge in [0.25, 0.3) is 0 Å². The second kappa shape index (κ2) is 7.34. The molecule has 1 amide bonds. The van der Waals surface area contributed by atoms with Gasteiger partial charge in [0.2, 0.25) is 5.91 Å². The van der Waals surface area contributed by atoms with Crippen LogP contribution in [-0.2, 0) is 4.79 Å². The zero-order valence-corrected chi connectivity index (χ0v) is 14.0. The lowest BCUT2D eigenvalue weighted by molar-refractivity contribution is -0.128. The molecular weight excluding hydrogens is 300 g/mol. The second-order valence-corrected chi connectivity index (χ2v) is 6.87. The van der Waals surface area contributed by atoms with Crippen LogP contribution in [-0.4, -0.2) is 24.1 Å². The predicted octanol–water partition coefficient (Wildman–Crippen LogP) is 3.13. The molecule has 1 aliphatic carbocycles. The summed E-state index contributed by atoms with van der Waals surface area (Å²) >= 11 is 5.93. The number of carbonyl (C=O) groups is 1. The summed E-state index contributed by atoms with van der Waals surface area (Å²) in [4.78, 5) is 12.4. The highest BCUT2D eigenvalue weighted by molar-refractivity contribution is 6.30. The minimum atomic E-state index is -0.403. The molecule has 3 N–H and O–H groups in total. The molecule has 122 valence electrons. The summed E-state index contributed by atoms with van der Waals surface area (Å²) in [5.74, 6) is 0.626. The van der Waals surface area contributed by atoms with Crippen LogP contribution in [0.15, 0.2) is 24.3 Å². The molecule has 1 aromatic carbocycles. The maximum atomic E-state index is 12.4. The van der Waals surface area contributed by atoms with E-state index in [2.05, 4.69) is 5.32 Å². The second-order valence-electron chi connectivity index (χ2n) is 6.44. The third-order valence-electron chi connectivity index (χ3n) is 4.27. The highest BCUT2D eigenvalue weighted by Gasteiger charge is 2.37. The maximum absolute atomic E-state index is 12.4. The van der Waals surface area contributed by atoms with E-state index in [1.807, 2.05) is 26.0 Å². The van der Waals surface area contributed by atoms with Crippen LogP contribution in [0.25, 0.3) is 0 Å². The molecule has 1 saturated carbocycles. The zero-order valence-electron chi connectivity index (χ0n) is 13.3. The third-order valence-corrected chi connectivity index (χ3v) is 4.50. The lowest BCUT2D eigenvalue weighted by atomic mass is 9.74. The summed E-state index contributed by atoms with van der Waals surface area (Å²) in [6, 6.07) is 7.25. The molecule has 5 heteroatoms. The van der Waals surface area contributed by atoms with Crippen molar-refractivity contribution in [2.24, 2.45) is 11.7 Å². The molecule has 0 heterocycles. The zero-order chi connectivity index (χ0) is 16.2. The van der Waals surface area contributed by atoms with Gasteiger partial charge in [0.15, 0.2) is 0 Å². The quantitative estimate of drug-likeness (QED) is 0.874. The van der Waals surface area contributed by atoms with Crippen LogP contribution in [0.2, 0.25) is 5.02 Å². The van der Waals surface area contributed by atoms with Crippen molar-refractivity contribution < 1.29 is 9.53 Å². The van der Waals surface area contributed by atoms with Gasteiger partial charge in [-0.15, -0.1) is 0 Å². The van der Waals surface area contributed by atoms with Crippen LogP contribution in [0.4, 0.5) is 0 Å². The lowest BCUT2D eigenvalue weighted by Crippen LogP contribution is -2.53. The number of nitrogens with one attached hydrogen (secondary N) is 1. The molecule has 1 fully saturated rings. The first-order chi connectivity index (χ1) is 10.4. The number of ether oxygens (including phenoxy) is 1. The van der Waals surface area contributed by atoms with E-state index >= 15 is 0 Å². The van der Waals surface area contributed by atoms with Gasteiger partial charge in [0.05, 0.1) is 12.5 Å². The Bertz CT molecular complexity index is 519. The van der Waals surface area contributed by atoms with E-state index in [1.165, 1.54) is 0 Å². The Labute approximate surface area is 137 Å². The van der Waals surface area contributed by atoms with Gasteiger partial charge in [0.1, 0.15) is 11.9 Å². The van der Waals surface area contributed by atoms with Crippen molar-refractivity contribution in [1.82, 2.24) is 5.32 Å². The van der Waals surface area contributed by atoms with E-state index in [-0.39, 0.29) is 17.9 Å². The number of benzene rings is 1. The molecule has 4 nitrogen and oxygen atoms in total. The van der Waals surface area contributed by atoms with Gasteiger partial charge in [-0.2, -0.15) is 0 Å². The Balaban J connectivity index is 1.82. The van der Waals surface area contributed by atoms with E-state index in [0.717, 1.165) is 25.7 Å². The lowest BCUT2D eigenvalue weighted by Gasteiger charge is -2.37.